The number of halogens is 1. The first-order chi connectivity index (χ1) is 19.5. The smallest absolute Gasteiger partial charge is 0.255 e. The van der Waals surface area contributed by atoms with Crippen molar-refractivity contribution in [1.82, 2.24) is 14.9 Å². The molecule has 0 atom stereocenters. The van der Waals surface area contributed by atoms with E-state index in [1.807, 2.05) is 36.4 Å². The molecular formula is C31H33FN6O2. The van der Waals surface area contributed by atoms with E-state index in [4.69, 9.17) is 4.74 Å². The largest absolute Gasteiger partial charge is 0.438 e. The van der Waals surface area contributed by atoms with Crippen LogP contribution >= 0.6 is 0 Å². The number of nitrogens with one attached hydrogen (secondary N) is 1. The molecule has 0 saturated carbocycles. The van der Waals surface area contributed by atoms with E-state index in [1.54, 1.807) is 18.3 Å². The number of rotatable bonds is 6. The Hall–Kier alpha value is -4.24. The van der Waals surface area contributed by atoms with Crippen LogP contribution in [-0.2, 0) is 0 Å². The van der Waals surface area contributed by atoms with Crippen molar-refractivity contribution in [2.75, 3.05) is 61.4 Å². The molecule has 0 aliphatic carbocycles. The molecule has 206 valence electrons. The summed E-state index contributed by atoms with van der Waals surface area (Å²) in [7, 11) is 2.11. The molecule has 2 aliphatic heterocycles. The second-order valence-electron chi connectivity index (χ2n) is 10.4. The summed E-state index contributed by atoms with van der Waals surface area (Å²) in [6.07, 6.45) is 5.04. The van der Waals surface area contributed by atoms with Gasteiger partial charge in [-0.3, -0.25) is 4.79 Å². The number of carbonyl (C=O) groups excluding carboxylic acids is 1. The minimum absolute atomic E-state index is 0.294. The molecule has 2 fully saturated rings. The molecular weight excluding hydrogens is 507 g/mol. The number of amides is 1. The number of fused-ring (bicyclic) bond motifs is 1. The summed E-state index contributed by atoms with van der Waals surface area (Å²) in [5.41, 5.74) is 1.67. The van der Waals surface area contributed by atoms with E-state index in [1.165, 1.54) is 18.6 Å². The average molecular weight is 541 g/mol. The molecule has 3 heterocycles. The van der Waals surface area contributed by atoms with Gasteiger partial charge in [-0.2, -0.15) is 4.98 Å². The molecule has 0 radical (unpaired) electrons. The second kappa shape index (κ2) is 11.5. The third-order valence-corrected chi connectivity index (χ3v) is 7.62. The number of hydrogen-bond acceptors (Lipinski definition) is 7. The Morgan fingerprint density at radius 2 is 1.65 bits per heavy atom. The monoisotopic (exact) mass is 540 g/mol. The van der Waals surface area contributed by atoms with Crippen LogP contribution in [0, 0.1) is 5.82 Å². The van der Waals surface area contributed by atoms with Gasteiger partial charge in [0, 0.05) is 79.2 Å². The van der Waals surface area contributed by atoms with E-state index < -0.39 is 5.82 Å². The average Bonchev–Trinajstić information content (AvgIpc) is 2.99. The lowest BCUT2D eigenvalue weighted by Crippen LogP contribution is -2.45. The normalized spacial score (nSPS) is 16.2. The first-order valence-electron chi connectivity index (χ1n) is 13.9. The standard InChI is InChI=1S/C31H33FN6O2/c1-36-15-17-38(18-16-36)31-33-12-11-29(35-31)40-28-10-9-27(25-7-3-4-8-26(25)28)34-30(39)22-19-23(32)21-24(20-22)37-13-5-2-6-14-37/h3-4,7-12,19-21H,2,5-6,13-18H2,1H3,(H,34,39). The molecule has 9 heteroatoms. The highest BCUT2D eigenvalue weighted by atomic mass is 19.1. The number of piperazine rings is 1. The van der Waals surface area contributed by atoms with Gasteiger partial charge in [0.2, 0.25) is 11.8 Å². The molecule has 1 aromatic heterocycles. The molecule has 0 spiro atoms. The maximum atomic E-state index is 14.5. The van der Waals surface area contributed by atoms with Crippen LogP contribution in [0.5, 0.6) is 11.6 Å². The first-order valence-corrected chi connectivity index (χ1v) is 13.9. The number of hydrogen-bond donors (Lipinski definition) is 1. The van der Waals surface area contributed by atoms with Gasteiger partial charge >= 0.3 is 0 Å². The summed E-state index contributed by atoms with van der Waals surface area (Å²) in [6.45, 7) is 5.40. The van der Waals surface area contributed by atoms with Crippen LogP contribution in [0.1, 0.15) is 29.6 Å². The Morgan fingerprint density at radius 3 is 2.45 bits per heavy atom. The molecule has 40 heavy (non-hydrogen) atoms. The van der Waals surface area contributed by atoms with E-state index in [9.17, 15) is 9.18 Å². The Morgan fingerprint density at radius 1 is 0.875 bits per heavy atom. The van der Waals surface area contributed by atoms with Crippen molar-refractivity contribution in [1.29, 1.82) is 0 Å². The number of ether oxygens (including phenoxy) is 1. The van der Waals surface area contributed by atoms with Crippen molar-refractivity contribution in [3.8, 4) is 11.6 Å². The third-order valence-electron chi connectivity index (χ3n) is 7.62. The van der Waals surface area contributed by atoms with Gasteiger partial charge in [-0.05, 0) is 56.6 Å². The van der Waals surface area contributed by atoms with Crippen molar-refractivity contribution in [2.45, 2.75) is 19.3 Å². The van der Waals surface area contributed by atoms with Gasteiger partial charge in [-0.25, -0.2) is 9.37 Å². The maximum absolute atomic E-state index is 14.5. The molecule has 6 rings (SSSR count). The highest BCUT2D eigenvalue weighted by molar-refractivity contribution is 6.10. The molecule has 3 aromatic carbocycles. The zero-order valence-corrected chi connectivity index (χ0v) is 22.6. The van der Waals surface area contributed by atoms with E-state index >= 15 is 0 Å². The fourth-order valence-electron chi connectivity index (χ4n) is 5.36. The Kier molecular flexibility index (Phi) is 7.46. The molecule has 8 nitrogen and oxygen atoms in total. The number of aromatic nitrogens is 2. The van der Waals surface area contributed by atoms with Gasteiger partial charge < -0.3 is 24.8 Å². The molecule has 1 N–H and O–H groups in total. The minimum atomic E-state index is -0.414. The summed E-state index contributed by atoms with van der Waals surface area (Å²) >= 11 is 0. The Labute approximate surface area is 233 Å². The van der Waals surface area contributed by atoms with Crippen molar-refractivity contribution in [3.05, 3.63) is 78.2 Å². The van der Waals surface area contributed by atoms with E-state index in [0.717, 1.165) is 68.6 Å². The summed E-state index contributed by atoms with van der Waals surface area (Å²) in [4.78, 5) is 29.0. The van der Waals surface area contributed by atoms with Gasteiger partial charge in [0.1, 0.15) is 11.6 Å². The Bertz CT molecular complexity index is 1520. The van der Waals surface area contributed by atoms with E-state index in [0.29, 0.717) is 28.8 Å². The van der Waals surface area contributed by atoms with Crippen LogP contribution in [-0.4, -0.2) is 67.1 Å². The lowest BCUT2D eigenvalue weighted by atomic mass is 10.1. The summed E-state index contributed by atoms with van der Waals surface area (Å²) in [5.74, 6) is 0.954. The van der Waals surface area contributed by atoms with Crippen LogP contribution in [0.4, 0.5) is 21.7 Å². The van der Waals surface area contributed by atoms with Gasteiger partial charge in [-0.15, -0.1) is 0 Å². The zero-order valence-electron chi connectivity index (χ0n) is 22.6. The molecule has 0 unspecified atom stereocenters. The second-order valence-corrected chi connectivity index (χ2v) is 10.4. The van der Waals surface area contributed by atoms with Gasteiger partial charge in [0.25, 0.3) is 5.91 Å². The topological polar surface area (TPSA) is 73.8 Å². The predicted molar refractivity (Wildman–Crippen MR) is 156 cm³/mol. The van der Waals surface area contributed by atoms with E-state index in [-0.39, 0.29) is 5.91 Å². The van der Waals surface area contributed by atoms with Crippen LogP contribution in [0.15, 0.2) is 66.9 Å². The van der Waals surface area contributed by atoms with Crippen molar-refractivity contribution in [2.24, 2.45) is 0 Å². The van der Waals surface area contributed by atoms with Crippen LogP contribution in [0.2, 0.25) is 0 Å². The van der Waals surface area contributed by atoms with Crippen LogP contribution < -0.4 is 19.9 Å². The highest BCUT2D eigenvalue weighted by Gasteiger charge is 2.19. The van der Waals surface area contributed by atoms with Gasteiger partial charge in [0.15, 0.2) is 0 Å². The number of carbonyl (C=O) groups is 1. The van der Waals surface area contributed by atoms with Crippen molar-refractivity contribution < 1.29 is 13.9 Å². The summed E-state index contributed by atoms with van der Waals surface area (Å²) < 4.78 is 20.8. The number of piperidine rings is 1. The zero-order chi connectivity index (χ0) is 27.5. The highest BCUT2D eigenvalue weighted by Crippen LogP contribution is 2.34. The lowest BCUT2D eigenvalue weighted by molar-refractivity contribution is 0.102. The number of anilines is 3. The molecule has 4 aromatic rings. The molecule has 2 saturated heterocycles. The number of likely N-dealkylation sites (N-methyl/N-ethyl adjacent to an activating group) is 1. The van der Waals surface area contributed by atoms with Crippen molar-refractivity contribution >= 4 is 34.0 Å². The quantitative estimate of drug-likeness (QED) is 0.344. The summed E-state index contributed by atoms with van der Waals surface area (Å²) in [5, 5.41) is 4.63. The van der Waals surface area contributed by atoms with E-state index in [2.05, 4.69) is 37.0 Å². The molecule has 2 aliphatic rings. The lowest BCUT2D eigenvalue weighted by Gasteiger charge is -2.32. The molecule has 0 bridgehead atoms. The fourth-order valence-corrected chi connectivity index (χ4v) is 5.36. The number of benzene rings is 3. The predicted octanol–water partition coefficient (Wildman–Crippen LogP) is 5.56. The summed E-state index contributed by atoms with van der Waals surface area (Å²) in [6, 6.07) is 17.6. The van der Waals surface area contributed by atoms with Crippen LogP contribution in [0.3, 0.4) is 0 Å². The third kappa shape index (κ3) is 5.70. The number of nitrogens with zero attached hydrogens (tertiary/aromatic N) is 5. The van der Waals surface area contributed by atoms with Gasteiger partial charge in [-0.1, -0.05) is 24.3 Å². The molecule has 1 amide bonds. The minimum Gasteiger partial charge on any atom is -0.438 e. The SMILES string of the molecule is CN1CCN(c2nccc(Oc3ccc(NC(=O)c4cc(F)cc(N5CCCCC5)c4)c4ccccc34)n2)CC1. The van der Waals surface area contributed by atoms with Gasteiger partial charge in [0.05, 0.1) is 0 Å². The first kappa shape index (κ1) is 26.0. The Balaban J connectivity index is 1.23. The fraction of sp³-hybridized carbons (Fsp3) is 0.323. The maximum Gasteiger partial charge on any atom is 0.255 e. The van der Waals surface area contributed by atoms with Crippen LogP contribution in [0.25, 0.3) is 10.8 Å². The van der Waals surface area contributed by atoms with Crippen molar-refractivity contribution in [3.63, 3.8) is 0 Å².